The van der Waals surface area contributed by atoms with Crippen LogP contribution in [-0.2, 0) is 5.75 Å². The van der Waals surface area contributed by atoms with Crippen molar-refractivity contribution in [2.24, 2.45) is 0 Å². The molecule has 8 heteroatoms. The molecule has 1 unspecified atom stereocenters. The molecule has 0 aliphatic heterocycles. The number of hydrogen-bond donors (Lipinski definition) is 2. The van der Waals surface area contributed by atoms with Crippen molar-refractivity contribution in [1.29, 1.82) is 0 Å². The highest BCUT2D eigenvalue weighted by molar-refractivity contribution is 7.98. The van der Waals surface area contributed by atoms with Gasteiger partial charge in [0.25, 0.3) is 0 Å². The summed E-state index contributed by atoms with van der Waals surface area (Å²) in [4.78, 5) is 12.9. The predicted octanol–water partition coefficient (Wildman–Crippen LogP) is 7.33. The zero-order valence-corrected chi connectivity index (χ0v) is 22.7. The lowest BCUT2D eigenvalue weighted by Gasteiger charge is -2.19. The topological polar surface area (TPSA) is 71.8 Å². The number of rotatable bonds is 7. The van der Waals surface area contributed by atoms with Gasteiger partial charge < -0.3 is 10.6 Å². The number of carbonyl (C=O) groups is 1. The predicted molar refractivity (Wildman–Crippen MR) is 148 cm³/mol. The first kappa shape index (κ1) is 25.8. The Kier molecular flexibility index (Phi) is 8.01. The molecule has 1 aromatic heterocycles. The molecular formula is C28H30ClN5OS. The fourth-order valence-electron chi connectivity index (χ4n) is 4.04. The smallest absolute Gasteiger partial charge is 0.319 e. The van der Waals surface area contributed by atoms with E-state index in [0.29, 0.717) is 10.8 Å². The summed E-state index contributed by atoms with van der Waals surface area (Å²) >= 11 is 7.98. The van der Waals surface area contributed by atoms with Gasteiger partial charge in [-0.05, 0) is 74.6 Å². The summed E-state index contributed by atoms with van der Waals surface area (Å²) in [5.41, 5.74) is 7.21. The third-order valence-electron chi connectivity index (χ3n) is 6.14. The second-order valence-corrected chi connectivity index (χ2v) is 10.3. The Balaban J connectivity index is 1.63. The molecular weight excluding hydrogens is 490 g/mol. The van der Waals surface area contributed by atoms with Crippen LogP contribution in [0.5, 0.6) is 0 Å². The first-order chi connectivity index (χ1) is 17.2. The summed E-state index contributed by atoms with van der Waals surface area (Å²) < 4.78 is 1.99. The van der Waals surface area contributed by atoms with Gasteiger partial charge in [-0.3, -0.25) is 4.57 Å². The minimum atomic E-state index is -0.409. The largest absolute Gasteiger partial charge is 0.328 e. The van der Waals surface area contributed by atoms with Gasteiger partial charge in [-0.25, -0.2) is 4.79 Å². The van der Waals surface area contributed by atoms with Gasteiger partial charge in [0.1, 0.15) is 0 Å². The van der Waals surface area contributed by atoms with E-state index in [1.54, 1.807) is 11.8 Å². The normalized spacial score (nSPS) is 11.8. The zero-order chi connectivity index (χ0) is 25.8. The Bertz CT molecular complexity index is 1380. The highest BCUT2D eigenvalue weighted by Crippen LogP contribution is 2.31. The van der Waals surface area contributed by atoms with E-state index in [0.717, 1.165) is 39.0 Å². The van der Waals surface area contributed by atoms with Crippen LogP contribution in [0.3, 0.4) is 0 Å². The lowest BCUT2D eigenvalue weighted by Crippen LogP contribution is -2.33. The molecule has 0 aliphatic carbocycles. The standard InChI is InChI=1S/C28H30ClN5OS/c1-17-9-6-7-12-22(17)16-36-28-33-32-26(34(28)24-15-23(29)14-13-18(24)2)21(5)30-27(35)31-25-19(3)10-8-11-20(25)4/h6-15,21H,16H2,1-5H3,(H2,30,31,35). The number of aryl methyl sites for hydroxylation is 4. The molecule has 6 nitrogen and oxygen atoms in total. The van der Waals surface area contributed by atoms with Gasteiger partial charge in [-0.15, -0.1) is 10.2 Å². The van der Waals surface area contributed by atoms with E-state index in [-0.39, 0.29) is 6.03 Å². The van der Waals surface area contributed by atoms with E-state index < -0.39 is 6.04 Å². The number of amides is 2. The van der Waals surface area contributed by atoms with Crippen molar-refractivity contribution in [3.63, 3.8) is 0 Å². The van der Waals surface area contributed by atoms with E-state index in [9.17, 15) is 4.79 Å². The van der Waals surface area contributed by atoms with Crippen LogP contribution in [0.4, 0.5) is 10.5 Å². The van der Waals surface area contributed by atoms with Gasteiger partial charge in [-0.2, -0.15) is 0 Å². The van der Waals surface area contributed by atoms with Gasteiger partial charge in [0.05, 0.1) is 11.7 Å². The van der Waals surface area contributed by atoms with Gasteiger partial charge in [-0.1, -0.05) is 71.9 Å². The van der Waals surface area contributed by atoms with Crippen LogP contribution in [-0.4, -0.2) is 20.8 Å². The van der Waals surface area contributed by atoms with Crippen LogP contribution in [0.1, 0.15) is 46.6 Å². The Morgan fingerprint density at radius 3 is 2.36 bits per heavy atom. The molecule has 36 heavy (non-hydrogen) atoms. The van der Waals surface area contributed by atoms with Crippen molar-refractivity contribution in [2.75, 3.05) is 5.32 Å². The molecule has 1 heterocycles. The number of hydrogen-bond acceptors (Lipinski definition) is 4. The molecule has 0 aliphatic rings. The van der Waals surface area contributed by atoms with Crippen LogP contribution in [0, 0.1) is 27.7 Å². The lowest BCUT2D eigenvalue weighted by molar-refractivity contribution is 0.248. The molecule has 4 aromatic rings. The minimum Gasteiger partial charge on any atom is -0.328 e. The maximum Gasteiger partial charge on any atom is 0.319 e. The summed E-state index contributed by atoms with van der Waals surface area (Å²) in [5.74, 6) is 1.38. The molecule has 4 rings (SSSR count). The average Bonchev–Trinajstić information content (AvgIpc) is 3.26. The first-order valence-electron chi connectivity index (χ1n) is 11.8. The molecule has 0 saturated heterocycles. The van der Waals surface area contributed by atoms with E-state index >= 15 is 0 Å². The van der Waals surface area contributed by atoms with Gasteiger partial charge >= 0.3 is 6.03 Å². The van der Waals surface area contributed by atoms with E-state index in [2.05, 4.69) is 39.9 Å². The van der Waals surface area contributed by atoms with Gasteiger partial charge in [0, 0.05) is 16.5 Å². The number of anilines is 1. The fourth-order valence-corrected chi connectivity index (χ4v) is 5.24. The van der Waals surface area contributed by atoms with Crippen LogP contribution in [0.15, 0.2) is 65.8 Å². The zero-order valence-electron chi connectivity index (χ0n) is 21.1. The second-order valence-electron chi connectivity index (χ2n) is 8.91. The molecule has 2 N–H and O–H groups in total. The fraction of sp³-hybridized carbons (Fsp3) is 0.250. The molecule has 0 saturated carbocycles. The molecule has 186 valence electrons. The molecule has 3 aromatic carbocycles. The summed E-state index contributed by atoms with van der Waals surface area (Å²) in [5, 5.41) is 16.4. The molecule has 0 radical (unpaired) electrons. The van der Waals surface area contributed by atoms with Crippen LogP contribution < -0.4 is 10.6 Å². The number of thioether (sulfide) groups is 1. The molecule has 2 amide bonds. The summed E-state index contributed by atoms with van der Waals surface area (Å²) in [6.07, 6.45) is 0. The maximum atomic E-state index is 12.9. The number of urea groups is 1. The average molecular weight is 520 g/mol. The Morgan fingerprint density at radius 2 is 1.64 bits per heavy atom. The third-order valence-corrected chi connectivity index (χ3v) is 7.36. The number of para-hydroxylation sites is 1. The molecule has 0 spiro atoms. The summed E-state index contributed by atoms with van der Waals surface area (Å²) in [6, 6.07) is 19.3. The summed E-state index contributed by atoms with van der Waals surface area (Å²) in [6.45, 7) is 9.98. The monoisotopic (exact) mass is 519 g/mol. The second kappa shape index (κ2) is 11.2. The van der Waals surface area contributed by atoms with E-state index in [1.807, 2.05) is 80.8 Å². The quantitative estimate of drug-likeness (QED) is 0.251. The van der Waals surface area contributed by atoms with Crippen LogP contribution in [0.2, 0.25) is 5.02 Å². The van der Waals surface area contributed by atoms with Crippen molar-refractivity contribution in [3.8, 4) is 5.69 Å². The van der Waals surface area contributed by atoms with E-state index in [1.165, 1.54) is 11.1 Å². The van der Waals surface area contributed by atoms with Crippen molar-refractivity contribution < 1.29 is 4.79 Å². The van der Waals surface area contributed by atoms with Crippen molar-refractivity contribution in [3.05, 3.63) is 99.3 Å². The Hall–Kier alpha value is -3.29. The number of halogens is 1. The van der Waals surface area contributed by atoms with Crippen LogP contribution >= 0.6 is 23.4 Å². The van der Waals surface area contributed by atoms with Crippen molar-refractivity contribution in [2.45, 2.75) is 51.6 Å². The minimum absolute atomic E-state index is 0.300. The highest BCUT2D eigenvalue weighted by atomic mass is 35.5. The highest BCUT2D eigenvalue weighted by Gasteiger charge is 2.23. The number of benzene rings is 3. The molecule has 0 bridgehead atoms. The van der Waals surface area contributed by atoms with Crippen molar-refractivity contribution >= 4 is 35.1 Å². The van der Waals surface area contributed by atoms with Gasteiger partial charge in [0.15, 0.2) is 11.0 Å². The SMILES string of the molecule is Cc1ccccc1CSc1nnc(C(C)NC(=O)Nc2c(C)cccc2C)n1-c1cc(Cl)ccc1C. The molecule has 1 atom stereocenters. The Morgan fingerprint density at radius 1 is 0.944 bits per heavy atom. The van der Waals surface area contributed by atoms with Gasteiger partial charge in [0.2, 0.25) is 0 Å². The third kappa shape index (κ3) is 5.74. The van der Waals surface area contributed by atoms with E-state index in [4.69, 9.17) is 11.6 Å². The maximum absolute atomic E-state index is 12.9. The molecule has 0 fully saturated rings. The Labute approximate surface area is 221 Å². The van der Waals surface area contributed by atoms with Crippen LogP contribution in [0.25, 0.3) is 5.69 Å². The summed E-state index contributed by atoms with van der Waals surface area (Å²) in [7, 11) is 0. The first-order valence-corrected chi connectivity index (χ1v) is 13.1. The number of aromatic nitrogens is 3. The number of nitrogens with zero attached hydrogens (tertiary/aromatic N) is 3. The number of carbonyl (C=O) groups excluding carboxylic acids is 1. The lowest BCUT2D eigenvalue weighted by atomic mass is 10.1. The van der Waals surface area contributed by atoms with Crippen molar-refractivity contribution in [1.82, 2.24) is 20.1 Å². The number of nitrogens with one attached hydrogen (secondary N) is 2.